The lowest BCUT2D eigenvalue weighted by Gasteiger charge is -2.31. The SMILES string of the molecule is CC1(C)CCCC1C(Cl)c1ccc(F)c2ccccc12. The van der Waals surface area contributed by atoms with Gasteiger partial charge in [-0.2, -0.15) is 0 Å². The van der Waals surface area contributed by atoms with E-state index in [2.05, 4.69) is 13.8 Å². The molecule has 2 atom stereocenters. The lowest BCUT2D eigenvalue weighted by atomic mass is 9.77. The summed E-state index contributed by atoms with van der Waals surface area (Å²) in [4.78, 5) is 0. The van der Waals surface area contributed by atoms with E-state index in [0.717, 1.165) is 17.4 Å². The van der Waals surface area contributed by atoms with Crippen molar-refractivity contribution in [2.24, 2.45) is 11.3 Å². The zero-order valence-electron chi connectivity index (χ0n) is 12.0. The maximum atomic E-state index is 13.9. The lowest BCUT2D eigenvalue weighted by molar-refractivity contribution is 0.252. The summed E-state index contributed by atoms with van der Waals surface area (Å²) in [6, 6.07) is 11.0. The van der Waals surface area contributed by atoms with Crippen molar-refractivity contribution >= 4 is 22.4 Å². The van der Waals surface area contributed by atoms with E-state index in [4.69, 9.17) is 11.6 Å². The van der Waals surface area contributed by atoms with Crippen molar-refractivity contribution in [3.8, 4) is 0 Å². The molecule has 0 N–H and O–H groups in total. The van der Waals surface area contributed by atoms with Gasteiger partial charge in [-0.05, 0) is 41.2 Å². The molecule has 1 aliphatic carbocycles. The van der Waals surface area contributed by atoms with Crippen LogP contribution in [0.3, 0.4) is 0 Å². The number of rotatable bonds is 2. The Bertz CT molecular complexity index is 632. The molecule has 0 amide bonds. The Labute approximate surface area is 124 Å². The number of fused-ring (bicyclic) bond motifs is 1. The third-order valence-electron chi connectivity index (χ3n) is 4.89. The summed E-state index contributed by atoms with van der Waals surface area (Å²) in [5, 5.41) is 1.58. The van der Waals surface area contributed by atoms with E-state index in [1.807, 2.05) is 30.3 Å². The number of halogens is 2. The molecule has 2 aromatic carbocycles. The van der Waals surface area contributed by atoms with Crippen molar-refractivity contribution in [3.63, 3.8) is 0 Å². The average Bonchev–Trinajstić information content (AvgIpc) is 2.78. The number of benzene rings is 2. The van der Waals surface area contributed by atoms with Crippen LogP contribution in [0.4, 0.5) is 4.39 Å². The van der Waals surface area contributed by atoms with Crippen molar-refractivity contribution in [2.75, 3.05) is 0 Å². The molecule has 1 aliphatic rings. The summed E-state index contributed by atoms with van der Waals surface area (Å²) < 4.78 is 13.9. The predicted octanol–water partition coefficient (Wildman–Crippen LogP) is 6.09. The van der Waals surface area contributed by atoms with E-state index in [9.17, 15) is 4.39 Å². The molecule has 2 heteroatoms. The molecule has 0 aliphatic heterocycles. The fourth-order valence-electron chi connectivity index (χ4n) is 3.64. The highest BCUT2D eigenvalue weighted by atomic mass is 35.5. The largest absolute Gasteiger partial charge is 0.206 e. The second-order valence-corrected chi connectivity index (χ2v) is 7.04. The second kappa shape index (κ2) is 5.04. The van der Waals surface area contributed by atoms with Crippen molar-refractivity contribution in [2.45, 2.75) is 38.5 Å². The minimum absolute atomic E-state index is 0.0435. The van der Waals surface area contributed by atoms with Crippen LogP contribution < -0.4 is 0 Å². The van der Waals surface area contributed by atoms with Gasteiger partial charge < -0.3 is 0 Å². The lowest BCUT2D eigenvalue weighted by Crippen LogP contribution is -2.21. The summed E-state index contributed by atoms with van der Waals surface area (Å²) in [5.41, 5.74) is 1.34. The Balaban J connectivity index is 2.08. The van der Waals surface area contributed by atoms with Crippen LogP contribution in [-0.2, 0) is 0 Å². The van der Waals surface area contributed by atoms with Crippen LogP contribution in [0.1, 0.15) is 44.1 Å². The highest BCUT2D eigenvalue weighted by Gasteiger charge is 2.39. The van der Waals surface area contributed by atoms with Gasteiger partial charge in [-0.15, -0.1) is 11.6 Å². The first-order valence-electron chi connectivity index (χ1n) is 7.32. The van der Waals surface area contributed by atoms with Crippen LogP contribution in [0, 0.1) is 17.2 Å². The Morgan fingerprint density at radius 1 is 1.15 bits per heavy atom. The van der Waals surface area contributed by atoms with Crippen LogP contribution in [0.5, 0.6) is 0 Å². The molecule has 0 aromatic heterocycles. The third kappa shape index (κ3) is 2.22. The van der Waals surface area contributed by atoms with Gasteiger partial charge >= 0.3 is 0 Å². The van der Waals surface area contributed by atoms with Crippen molar-refractivity contribution in [1.82, 2.24) is 0 Å². The van der Waals surface area contributed by atoms with E-state index in [1.54, 1.807) is 6.07 Å². The average molecular weight is 291 g/mol. The van der Waals surface area contributed by atoms with Crippen LogP contribution in [-0.4, -0.2) is 0 Å². The maximum Gasteiger partial charge on any atom is 0.131 e. The molecular formula is C18H20ClF. The Morgan fingerprint density at radius 3 is 2.50 bits per heavy atom. The normalized spacial score (nSPS) is 23.1. The van der Waals surface area contributed by atoms with Gasteiger partial charge in [-0.3, -0.25) is 0 Å². The molecule has 2 aromatic rings. The summed E-state index contributed by atoms with van der Waals surface area (Å²) in [6.07, 6.45) is 3.62. The molecule has 0 saturated heterocycles. The van der Waals surface area contributed by atoms with Crippen LogP contribution in [0.25, 0.3) is 10.8 Å². The standard InChI is InChI=1S/C18H20ClF/c1-18(2)11-5-8-15(18)17(19)14-9-10-16(20)13-7-4-3-6-12(13)14/h3-4,6-7,9-10,15,17H,5,8,11H2,1-2H3. The van der Waals surface area contributed by atoms with Gasteiger partial charge in [0.1, 0.15) is 5.82 Å². The van der Waals surface area contributed by atoms with E-state index < -0.39 is 0 Å². The smallest absolute Gasteiger partial charge is 0.131 e. The summed E-state index contributed by atoms with van der Waals surface area (Å²) in [6.45, 7) is 4.59. The molecule has 1 saturated carbocycles. The fourth-order valence-corrected chi connectivity index (χ4v) is 4.30. The molecule has 20 heavy (non-hydrogen) atoms. The van der Waals surface area contributed by atoms with Gasteiger partial charge in [-0.1, -0.05) is 50.6 Å². The number of hydrogen-bond donors (Lipinski definition) is 0. The first kappa shape index (κ1) is 13.9. The minimum atomic E-state index is -0.168. The highest BCUT2D eigenvalue weighted by molar-refractivity contribution is 6.22. The second-order valence-electron chi connectivity index (χ2n) is 6.57. The van der Waals surface area contributed by atoms with Gasteiger partial charge in [0.2, 0.25) is 0 Å². The van der Waals surface area contributed by atoms with Gasteiger partial charge in [0, 0.05) is 5.39 Å². The van der Waals surface area contributed by atoms with Crippen LogP contribution >= 0.6 is 11.6 Å². The van der Waals surface area contributed by atoms with E-state index >= 15 is 0 Å². The first-order valence-corrected chi connectivity index (χ1v) is 7.75. The summed E-state index contributed by atoms with van der Waals surface area (Å²) >= 11 is 6.81. The molecule has 2 unspecified atom stereocenters. The van der Waals surface area contributed by atoms with Gasteiger partial charge in [0.25, 0.3) is 0 Å². The van der Waals surface area contributed by atoms with Crippen LogP contribution in [0.2, 0.25) is 0 Å². The van der Waals surface area contributed by atoms with Crippen molar-refractivity contribution in [3.05, 3.63) is 47.8 Å². The molecule has 0 bridgehead atoms. The molecule has 0 nitrogen and oxygen atoms in total. The van der Waals surface area contributed by atoms with Crippen molar-refractivity contribution < 1.29 is 4.39 Å². The first-order chi connectivity index (χ1) is 9.50. The van der Waals surface area contributed by atoms with E-state index in [1.165, 1.54) is 12.8 Å². The van der Waals surface area contributed by atoms with Crippen molar-refractivity contribution in [1.29, 1.82) is 0 Å². The predicted molar refractivity (Wildman–Crippen MR) is 83.6 cm³/mol. The zero-order chi connectivity index (χ0) is 14.3. The van der Waals surface area contributed by atoms with Gasteiger partial charge in [0.15, 0.2) is 0 Å². The fraction of sp³-hybridized carbons (Fsp3) is 0.444. The molecule has 3 rings (SSSR count). The molecule has 0 spiro atoms. The van der Waals surface area contributed by atoms with Gasteiger partial charge in [0.05, 0.1) is 5.38 Å². The Hall–Kier alpha value is -1.08. The number of hydrogen-bond acceptors (Lipinski definition) is 0. The molecule has 106 valence electrons. The Kier molecular flexibility index (Phi) is 3.50. The minimum Gasteiger partial charge on any atom is -0.206 e. The van der Waals surface area contributed by atoms with Crippen LogP contribution in [0.15, 0.2) is 36.4 Å². The molecule has 1 fully saturated rings. The topological polar surface area (TPSA) is 0 Å². The quantitative estimate of drug-likeness (QED) is 0.588. The zero-order valence-corrected chi connectivity index (χ0v) is 12.8. The van der Waals surface area contributed by atoms with Gasteiger partial charge in [-0.25, -0.2) is 4.39 Å². The Morgan fingerprint density at radius 2 is 1.85 bits per heavy atom. The maximum absolute atomic E-state index is 13.9. The van der Waals surface area contributed by atoms with E-state index in [0.29, 0.717) is 11.3 Å². The highest BCUT2D eigenvalue weighted by Crippen LogP contribution is 2.52. The number of alkyl halides is 1. The molecule has 0 radical (unpaired) electrons. The third-order valence-corrected chi connectivity index (χ3v) is 5.43. The van der Waals surface area contributed by atoms with E-state index in [-0.39, 0.29) is 16.6 Å². The summed E-state index contributed by atoms with van der Waals surface area (Å²) in [7, 11) is 0. The monoisotopic (exact) mass is 290 g/mol. The molecular weight excluding hydrogens is 271 g/mol. The summed E-state index contributed by atoms with van der Waals surface area (Å²) in [5.74, 6) is 0.289. The molecule has 0 heterocycles.